The maximum absolute atomic E-state index is 12.1. The number of unbranched alkanes of at least 4 members (excludes halogenated alkanes) is 1. The number of aromatic nitrogens is 3. The third-order valence-electron chi connectivity index (χ3n) is 8.52. The summed E-state index contributed by atoms with van der Waals surface area (Å²) in [6, 6.07) is 10.6. The second-order valence-corrected chi connectivity index (χ2v) is 12.4. The summed E-state index contributed by atoms with van der Waals surface area (Å²) in [4.78, 5) is 61.3. The highest BCUT2D eigenvalue weighted by molar-refractivity contribution is 6.07. The number of phenols is 2. The largest absolute Gasteiger partial charge is 0.508 e. The average Bonchev–Trinajstić information content (AvgIpc) is 3.61. The standard InChI is InChI=1S/C36H44N6O8/c1-2-3-8-29-40-34-35(41(29)22-24-21-25(43)12-14-28(24)44)26-20-23(11-13-27(26)39-36(34)37)7-5-18-49-19-6-17-38-30(45)9-4-10-33(48)50-42-31(46)15-16-32(42)47/h11-14,20-21,43-44H,2-10,15-19,22H2,1H3,(H2,37,39)(H,38,45). The minimum atomic E-state index is -0.720. The number of nitrogens with two attached hydrogens (primary N) is 1. The molecule has 0 radical (unpaired) electrons. The van der Waals surface area contributed by atoms with Crippen molar-refractivity contribution < 1.29 is 39.0 Å². The molecular weight excluding hydrogens is 644 g/mol. The van der Waals surface area contributed by atoms with Crippen molar-refractivity contribution in [3.8, 4) is 11.5 Å². The van der Waals surface area contributed by atoms with E-state index < -0.39 is 17.8 Å². The topological polar surface area (TPSA) is 199 Å². The van der Waals surface area contributed by atoms with E-state index in [-0.39, 0.29) is 49.5 Å². The molecule has 0 spiro atoms. The quantitative estimate of drug-likeness (QED) is 0.0664. The number of phenolic OH excluding ortho intramolecular Hbond substituents is 2. The Morgan fingerprint density at radius 2 is 1.72 bits per heavy atom. The summed E-state index contributed by atoms with van der Waals surface area (Å²) < 4.78 is 7.86. The van der Waals surface area contributed by atoms with Crippen LogP contribution in [0.2, 0.25) is 0 Å². The first-order chi connectivity index (χ1) is 24.1. The summed E-state index contributed by atoms with van der Waals surface area (Å²) in [5.74, 6) is -0.641. The van der Waals surface area contributed by atoms with Crippen LogP contribution in [0.3, 0.4) is 0 Å². The first-order valence-corrected chi connectivity index (χ1v) is 17.1. The van der Waals surface area contributed by atoms with E-state index in [0.717, 1.165) is 59.9 Å². The fraction of sp³-hybridized carbons (Fsp3) is 0.444. The summed E-state index contributed by atoms with van der Waals surface area (Å²) in [5, 5.41) is 24.9. The fourth-order valence-electron chi connectivity index (χ4n) is 5.89. The van der Waals surface area contributed by atoms with Gasteiger partial charge in [0.15, 0.2) is 5.82 Å². The number of nitrogen functional groups attached to an aromatic ring is 1. The number of hydrogen-bond acceptors (Lipinski definition) is 11. The van der Waals surface area contributed by atoms with Crippen LogP contribution >= 0.6 is 0 Å². The third kappa shape index (κ3) is 9.05. The van der Waals surface area contributed by atoms with Crippen LogP contribution in [-0.2, 0) is 48.1 Å². The van der Waals surface area contributed by atoms with Crippen LogP contribution in [-0.4, -0.2) is 73.3 Å². The fourth-order valence-corrected chi connectivity index (χ4v) is 5.89. The second kappa shape index (κ2) is 16.9. The predicted octanol–water partition coefficient (Wildman–Crippen LogP) is 4.20. The monoisotopic (exact) mass is 688 g/mol. The zero-order valence-corrected chi connectivity index (χ0v) is 28.3. The molecule has 3 heterocycles. The average molecular weight is 689 g/mol. The number of imidazole rings is 1. The molecule has 5 rings (SSSR count). The Morgan fingerprint density at radius 1 is 0.940 bits per heavy atom. The van der Waals surface area contributed by atoms with Crippen LogP contribution in [0.25, 0.3) is 21.9 Å². The van der Waals surface area contributed by atoms with Crippen molar-refractivity contribution >= 4 is 51.4 Å². The van der Waals surface area contributed by atoms with Crippen LogP contribution in [0.1, 0.15) is 81.7 Å². The Bertz CT molecular complexity index is 1860. The number of ether oxygens (including phenoxy) is 1. The normalized spacial score (nSPS) is 13.1. The number of fused-ring (bicyclic) bond motifs is 3. The number of anilines is 1. The smallest absolute Gasteiger partial charge is 0.333 e. The van der Waals surface area contributed by atoms with Crippen LogP contribution in [0.15, 0.2) is 36.4 Å². The van der Waals surface area contributed by atoms with E-state index in [2.05, 4.69) is 27.9 Å². The van der Waals surface area contributed by atoms with Gasteiger partial charge in [0.05, 0.1) is 17.6 Å². The molecule has 1 fully saturated rings. The highest BCUT2D eigenvalue weighted by atomic mass is 16.7. The number of hydroxylamine groups is 2. The number of pyridine rings is 1. The molecule has 2 aromatic heterocycles. The van der Waals surface area contributed by atoms with Gasteiger partial charge in [-0.05, 0) is 68.0 Å². The van der Waals surface area contributed by atoms with Crippen molar-refractivity contribution in [3.05, 3.63) is 53.3 Å². The van der Waals surface area contributed by atoms with Crippen LogP contribution in [0.4, 0.5) is 5.82 Å². The minimum Gasteiger partial charge on any atom is -0.508 e. The van der Waals surface area contributed by atoms with Gasteiger partial charge in [-0.25, -0.2) is 14.8 Å². The molecule has 266 valence electrons. The van der Waals surface area contributed by atoms with Crippen molar-refractivity contribution in [2.24, 2.45) is 0 Å². The lowest BCUT2D eigenvalue weighted by Crippen LogP contribution is -2.32. The van der Waals surface area contributed by atoms with E-state index in [1.54, 1.807) is 6.07 Å². The van der Waals surface area contributed by atoms with Gasteiger partial charge in [0.2, 0.25) is 5.91 Å². The molecule has 0 bridgehead atoms. The van der Waals surface area contributed by atoms with Gasteiger partial charge in [-0.2, -0.15) is 0 Å². The molecule has 0 unspecified atom stereocenters. The number of amides is 3. The molecule has 14 heteroatoms. The molecule has 1 aliphatic heterocycles. The third-order valence-corrected chi connectivity index (χ3v) is 8.52. The van der Waals surface area contributed by atoms with Crippen LogP contribution in [0, 0.1) is 0 Å². The number of nitrogens with one attached hydrogen (secondary N) is 1. The van der Waals surface area contributed by atoms with Crippen molar-refractivity contribution in [1.29, 1.82) is 0 Å². The number of imide groups is 1. The van der Waals surface area contributed by atoms with E-state index in [9.17, 15) is 29.4 Å². The molecule has 0 saturated carbocycles. The highest BCUT2D eigenvalue weighted by Crippen LogP contribution is 2.32. The summed E-state index contributed by atoms with van der Waals surface area (Å²) in [6.07, 6.45) is 5.20. The van der Waals surface area contributed by atoms with Gasteiger partial charge in [0.1, 0.15) is 22.8 Å². The molecule has 0 atom stereocenters. The lowest BCUT2D eigenvalue weighted by molar-refractivity contribution is -0.197. The molecule has 50 heavy (non-hydrogen) atoms. The first kappa shape index (κ1) is 36.1. The van der Waals surface area contributed by atoms with Crippen molar-refractivity contribution in [2.45, 2.75) is 84.1 Å². The molecule has 1 aliphatic rings. The number of carbonyl (C=O) groups excluding carboxylic acids is 4. The SMILES string of the molecule is CCCCc1nc2c(N)nc3ccc(CCCOCCCNC(=O)CCCC(=O)ON4C(=O)CCC4=O)cc3c2n1Cc1cc(O)ccc1O. The van der Waals surface area contributed by atoms with Gasteiger partial charge < -0.3 is 35.4 Å². The molecule has 0 aliphatic carbocycles. The van der Waals surface area contributed by atoms with Gasteiger partial charge in [-0.15, -0.1) is 5.06 Å². The lowest BCUT2D eigenvalue weighted by Gasteiger charge is -2.13. The number of benzene rings is 2. The summed E-state index contributed by atoms with van der Waals surface area (Å²) in [5.41, 5.74) is 10.3. The summed E-state index contributed by atoms with van der Waals surface area (Å²) >= 11 is 0. The Labute approximate surface area is 289 Å². The van der Waals surface area contributed by atoms with E-state index in [0.29, 0.717) is 54.7 Å². The van der Waals surface area contributed by atoms with E-state index in [1.165, 1.54) is 12.1 Å². The number of hydrogen-bond donors (Lipinski definition) is 4. The number of nitrogens with zero attached hydrogens (tertiary/aromatic N) is 4. The van der Waals surface area contributed by atoms with Gasteiger partial charge in [0, 0.05) is 62.8 Å². The molecular formula is C36H44N6O8. The molecule has 5 N–H and O–H groups in total. The number of carbonyl (C=O) groups is 4. The second-order valence-electron chi connectivity index (χ2n) is 12.4. The molecule has 2 aromatic carbocycles. The first-order valence-electron chi connectivity index (χ1n) is 17.1. The molecule has 14 nitrogen and oxygen atoms in total. The van der Waals surface area contributed by atoms with E-state index in [1.807, 2.05) is 12.1 Å². The van der Waals surface area contributed by atoms with Gasteiger partial charge in [-0.1, -0.05) is 19.4 Å². The molecule has 1 saturated heterocycles. The zero-order chi connectivity index (χ0) is 35.6. The number of aryl methyl sites for hydroxylation is 2. The summed E-state index contributed by atoms with van der Waals surface area (Å²) in [7, 11) is 0. The minimum absolute atomic E-state index is 0.0332. The van der Waals surface area contributed by atoms with Gasteiger partial charge in [-0.3, -0.25) is 14.4 Å². The van der Waals surface area contributed by atoms with Crippen molar-refractivity contribution in [1.82, 2.24) is 24.9 Å². The maximum atomic E-state index is 12.1. The number of rotatable bonds is 18. The Balaban J connectivity index is 1.09. The highest BCUT2D eigenvalue weighted by Gasteiger charge is 2.32. The molecule has 4 aromatic rings. The van der Waals surface area contributed by atoms with Crippen LogP contribution < -0.4 is 11.1 Å². The van der Waals surface area contributed by atoms with E-state index in [4.69, 9.17) is 20.3 Å². The Hall–Kier alpha value is -5.24. The summed E-state index contributed by atoms with van der Waals surface area (Å²) in [6.45, 7) is 3.89. The molecule has 3 amide bonds. The number of aromatic hydroxyl groups is 2. The Kier molecular flexibility index (Phi) is 12.2. The van der Waals surface area contributed by atoms with Gasteiger partial charge >= 0.3 is 5.97 Å². The van der Waals surface area contributed by atoms with Crippen molar-refractivity contribution in [2.75, 3.05) is 25.5 Å². The lowest BCUT2D eigenvalue weighted by atomic mass is 10.1. The Morgan fingerprint density at radius 3 is 2.50 bits per heavy atom. The van der Waals surface area contributed by atoms with Gasteiger partial charge in [0.25, 0.3) is 11.8 Å². The predicted molar refractivity (Wildman–Crippen MR) is 185 cm³/mol. The van der Waals surface area contributed by atoms with E-state index >= 15 is 0 Å². The maximum Gasteiger partial charge on any atom is 0.333 e. The van der Waals surface area contributed by atoms with Crippen molar-refractivity contribution in [3.63, 3.8) is 0 Å². The zero-order valence-electron chi connectivity index (χ0n) is 28.3. The van der Waals surface area contributed by atoms with Crippen LogP contribution in [0.5, 0.6) is 11.5 Å².